The topological polar surface area (TPSA) is 69.6 Å². The number of amides is 1. The van der Waals surface area contributed by atoms with Gasteiger partial charge >= 0.3 is 0 Å². The first-order valence-corrected chi connectivity index (χ1v) is 6.41. The lowest BCUT2D eigenvalue weighted by atomic mass is 10.1. The van der Waals surface area contributed by atoms with E-state index in [4.69, 9.17) is 5.11 Å². The Kier molecular flexibility index (Phi) is 4.60. The highest BCUT2D eigenvalue weighted by Gasteiger charge is 2.11. The molecule has 0 unspecified atom stereocenters. The Morgan fingerprint density at radius 1 is 1.24 bits per heavy atom. The average molecular weight is 281 g/mol. The highest BCUT2D eigenvalue weighted by molar-refractivity contribution is 6.06. The second-order valence-electron chi connectivity index (χ2n) is 4.46. The lowest BCUT2D eigenvalue weighted by Crippen LogP contribution is -2.12. The van der Waals surface area contributed by atoms with Crippen LogP contribution in [0.3, 0.4) is 0 Å². The normalized spacial score (nSPS) is 9.62. The molecule has 0 aliphatic carbocycles. The number of aliphatic hydroxyl groups excluding tert-OH is 1. The summed E-state index contributed by atoms with van der Waals surface area (Å²) < 4.78 is 0. The van der Waals surface area contributed by atoms with Gasteiger partial charge in [0.1, 0.15) is 12.4 Å². The zero-order valence-electron chi connectivity index (χ0n) is 11.6. The zero-order chi connectivity index (χ0) is 15.2. The molecule has 0 bridgehead atoms. The number of hydrogen-bond donors (Lipinski definition) is 3. The standard InChI is InChI=1S/C17H15NO3/c1-12-11-13(5-4-10-19)8-9-15(12)18-17(21)14-6-2-3-7-16(14)20/h2-3,6-9,11,19-20H,10H2,1H3,(H,18,21). The fraction of sp³-hybridized carbons (Fsp3) is 0.118. The Labute approximate surface area is 123 Å². The van der Waals surface area contributed by atoms with E-state index in [1.807, 2.05) is 13.0 Å². The molecule has 0 aromatic heterocycles. The van der Waals surface area contributed by atoms with Crippen LogP contribution < -0.4 is 5.32 Å². The van der Waals surface area contributed by atoms with Gasteiger partial charge in [-0.3, -0.25) is 4.79 Å². The molecule has 21 heavy (non-hydrogen) atoms. The number of aliphatic hydroxyl groups is 1. The van der Waals surface area contributed by atoms with Gasteiger partial charge in [0.2, 0.25) is 0 Å². The van der Waals surface area contributed by atoms with E-state index in [1.54, 1.807) is 30.3 Å². The van der Waals surface area contributed by atoms with Crippen molar-refractivity contribution in [3.63, 3.8) is 0 Å². The number of carbonyl (C=O) groups excluding carboxylic acids is 1. The SMILES string of the molecule is Cc1cc(C#CCO)ccc1NC(=O)c1ccccc1O. The minimum atomic E-state index is -0.370. The molecule has 0 aliphatic heterocycles. The van der Waals surface area contributed by atoms with Crippen molar-refractivity contribution >= 4 is 11.6 Å². The number of phenolic OH excluding ortho intramolecular Hbond substituents is 1. The van der Waals surface area contributed by atoms with Gasteiger partial charge in [-0.2, -0.15) is 0 Å². The van der Waals surface area contributed by atoms with E-state index in [1.165, 1.54) is 6.07 Å². The van der Waals surface area contributed by atoms with Crippen LogP contribution in [0.2, 0.25) is 0 Å². The Morgan fingerprint density at radius 2 is 2.00 bits per heavy atom. The summed E-state index contributed by atoms with van der Waals surface area (Å²) in [5.41, 5.74) is 2.49. The Morgan fingerprint density at radius 3 is 2.67 bits per heavy atom. The first-order chi connectivity index (χ1) is 10.1. The maximum absolute atomic E-state index is 12.1. The Balaban J connectivity index is 2.20. The Bertz CT molecular complexity index is 726. The molecule has 2 aromatic rings. The number of rotatable bonds is 2. The minimum absolute atomic E-state index is 0.0573. The first kappa shape index (κ1) is 14.6. The van der Waals surface area contributed by atoms with Gasteiger partial charge < -0.3 is 15.5 Å². The van der Waals surface area contributed by atoms with Crippen LogP contribution in [0.25, 0.3) is 0 Å². The summed E-state index contributed by atoms with van der Waals surface area (Å²) in [6.07, 6.45) is 0. The molecule has 4 nitrogen and oxygen atoms in total. The van der Waals surface area contributed by atoms with Crippen molar-refractivity contribution < 1.29 is 15.0 Å². The number of para-hydroxylation sites is 1. The van der Waals surface area contributed by atoms with Crippen molar-refractivity contribution in [3.8, 4) is 17.6 Å². The minimum Gasteiger partial charge on any atom is -0.507 e. The van der Waals surface area contributed by atoms with E-state index in [0.29, 0.717) is 5.69 Å². The number of benzene rings is 2. The van der Waals surface area contributed by atoms with Crippen LogP contribution in [-0.2, 0) is 0 Å². The first-order valence-electron chi connectivity index (χ1n) is 6.41. The maximum atomic E-state index is 12.1. The van der Waals surface area contributed by atoms with E-state index in [-0.39, 0.29) is 23.8 Å². The van der Waals surface area contributed by atoms with E-state index < -0.39 is 0 Å². The largest absolute Gasteiger partial charge is 0.507 e. The molecule has 0 heterocycles. The molecule has 106 valence electrons. The van der Waals surface area contributed by atoms with Gasteiger partial charge in [-0.15, -0.1) is 0 Å². The van der Waals surface area contributed by atoms with Crippen LogP contribution in [-0.4, -0.2) is 22.7 Å². The van der Waals surface area contributed by atoms with Gasteiger partial charge in [0.25, 0.3) is 5.91 Å². The number of hydrogen-bond acceptors (Lipinski definition) is 3. The molecule has 0 spiro atoms. The lowest BCUT2D eigenvalue weighted by molar-refractivity contribution is 0.102. The lowest BCUT2D eigenvalue weighted by Gasteiger charge is -2.09. The molecule has 2 aromatic carbocycles. The molecule has 3 N–H and O–H groups in total. The molecule has 0 aliphatic rings. The van der Waals surface area contributed by atoms with Crippen LogP contribution in [0.15, 0.2) is 42.5 Å². The van der Waals surface area contributed by atoms with E-state index in [0.717, 1.165) is 11.1 Å². The van der Waals surface area contributed by atoms with Gasteiger partial charge in [-0.1, -0.05) is 24.0 Å². The van der Waals surface area contributed by atoms with Gasteiger partial charge in [0.05, 0.1) is 5.56 Å². The van der Waals surface area contributed by atoms with Crippen LogP contribution in [0.1, 0.15) is 21.5 Å². The molecule has 4 heteroatoms. The van der Waals surface area contributed by atoms with Crippen molar-refractivity contribution in [3.05, 3.63) is 59.2 Å². The smallest absolute Gasteiger partial charge is 0.259 e. The second-order valence-corrected chi connectivity index (χ2v) is 4.46. The van der Waals surface area contributed by atoms with Gasteiger partial charge in [0.15, 0.2) is 0 Å². The van der Waals surface area contributed by atoms with Gasteiger partial charge in [-0.05, 0) is 42.8 Å². The maximum Gasteiger partial charge on any atom is 0.259 e. The molecule has 0 fully saturated rings. The van der Waals surface area contributed by atoms with E-state index in [9.17, 15) is 9.90 Å². The fourth-order valence-corrected chi connectivity index (χ4v) is 1.88. The summed E-state index contributed by atoms with van der Waals surface area (Å²) in [4.78, 5) is 12.1. The number of carbonyl (C=O) groups is 1. The van der Waals surface area contributed by atoms with Crippen molar-refractivity contribution in [2.75, 3.05) is 11.9 Å². The molecular weight excluding hydrogens is 266 g/mol. The molecule has 1 amide bonds. The van der Waals surface area contributed by atoms with Crippen LogP contribution in [0.4, 0.5) is 5.69 Å². The van der Waals surface area contributed by atoms with Gasteiger partial charge in [-0.25, -0.2) is 0 Å². The third-order valence-electron chi connectivity index (χ3n) is 2.94. The third kappa shape index (κ3) is 3.62. The van der Waals surface area contributed by atoms with Crippen molar-refractivity contribution in [2.45, 2.75) is 6.92 Å². The number of anilines is 1. The summed E-state index contributed by atoms with van der Waals surface area (Å²) in [5, 5.41) is 21.1. The van der Waals surface area contributed by atoms with Gasteiger partial charge in [0, 0.05) is 11.3 Å². The third-order valence-corrected chi connectivity index (χ3v) is 2.94. The number of nitrogens with one attached hydrogen (secondary N) is 1. The highest BCUT2D eigenvalue weighted by atomic mass is 16.3. The summed E-state index contributed by atoms with van der Waals surface area (Å²) in [7, 11) is 0. The van der Waals surface area contributed by atoms with E-state index in [2.05, 4.69) is 17.2 Å². The van der Waals surface area contributed by atoms with Crippen molar-refractivity contribution in [2.24, 2.45) is 0 Å². The zero-order valence-corrected chi connectivity index (χ0v) is 11.6. The van der Waals surface area contributed by atoms with Crippen LogP contribution in [0, 0.1) is 18.8 Å². The molecular formula is C17H15NO3. The summed E-state index contributed by atoms with van der Waals surface area (Å²) in [6.45, 7) is 1.66. The fourth-order valence-electron chi connectivity index (χ4n) is 1.88. The molecule has 0 saturated carbocycles. The Hall–Kier alpha value is -2.77. The predicted octanol–water partition coefficient (Wildman–Crippen LogP) is 2.30. The quantitative estimate of drug-likeness (QED) is 0.740. The second kappa shape index (κ2) is 6.60. The summed E-state index contributed by atoms with van der Waals surface area (Å²) in [5.74, 6) is 4.95. The molecule has 0 radical (unpaired) electrons. The number of aromatic hydroxyl groups is 1. The molecule has 0 saturated heterocycles. The number of phenols is 1. The van der Waals surface area contributed by atoms with E-state index >= 15 is 0 Å². The molecule has 0 atom stereocenters. The number of aryl methyl sites for hydroxylation is 1. The van der Waals surface area contributed by atoms with Crippen molar-refractivity contribution in [1.29, 1.82) is 0 Å². The van der Waals surface area contributed by atoms with Crippen LogP contribution in [0.5, 0.6) is 5.75 Å². The average Bonchev–Trinajstić information content (AvgIpc) is 2.48. The molecule has 2 rings (SSSR count). The monoisotopic (exact) mass is 281 g/mol. The highest BCUT2D eigenvalue weighted by Crippen LogP contribution is 2.20. The predicted molar refractivity (Wildman–Crippen MR) is 81.2 cm³/mol. The van der Waals surface area contributed by atoms with Crippen molar-refractivity contribution in [1.82, 2.24) is 0 Å². The summed E-state index contributed by atoms with van der Waals surface area (Å²) in [6, 6.07) is 11.7. The summed E-state index contributed by atoms with van der Waals surface area (Å²) >= 11 is 0. The van der Waals surface area contributed by atoms with Crippen LogP contribution >= 0.6 is 0 Å².